The van der Waals surface area contributed by atoms with E-state index in [0.29, 0.717) is 38.6 Å². The SMILES string of the molecule is CCn1cc(Br)c(-c2ccnc3cc(C(=O)Nc4nn(Cc5c(F)cccc5Cl)cc4Br)nn23)n1. The molecule has 0 bridgehead atoms. The number of nitrogens with zero attached hydrogens (tertiary/aromatic N) is 7. The van der Waals surface area contributed by atoms with E-state index in [9.17, 15) is 9.18 Å². The van der Waals surface area contributed by atoms with Gasteiger partial charge in [-0.3, -0.25) is 14.2 Å². The summed E-state index contributed by atoms with van der Waals surface area (Å²) in [5, 5.41) is 16.4. The molecule has 0 aliphatic heterocycles. The predicted molar refractivity (Wildman–Crippen MR) is 136 cm³/mol. The van der Waals surface area contributed by atoms with Crippen molar-refractivity contribution < 1.29 is 9.18 Å². The van der Waals surface area contributed by atoms with E-state index in [2.05, 4.69) is 57.5 Å². The Bertz CT molecular complexity index is 1560. The van der Waals surface area contributed by atoms with Crippen LogP contribution in [0.15, 0.2) is 57.9 Å². The molecule has 9 nitrogen and oxygen atoms in total. The van der Waals surface area contributed by atoms with Crippen molar-refractivity contribution in [2.24, 2.45) is 0 Å². The van der Waals surface area contributed by atoms with Crippen molar-refractivity contribution in [3.8, 4) is 11.4 Å². The summed E-state index contributed by atoms with van der Waals surface area (Å²) in [6.45, 7) is 2.80. The van der Waals surface area contributed by atoms with Crippen LogP contribution in [0, 0.1) is 5.82 Å². The number of aromatic nitrogens is 7. The van der Waals surface area contributed by atoms with Gasteiger partial charge in [-0.05, 0) is 57.0 Å². The molecule has 0 unspecified atom stereocenters. The summed E-state index contributed by atoms with van der Waals surface area (Å²) in [5.74, 6) is -0.648. The maximum atomic E-state index is 14.1. The normalized spacial score (nSPS) is 11.3. The van der Waals surface area contributed by atoms with Crippen LogP contribution in [0.4, 0.5) is 10.2 Å². The molecule has 0 radical (unpaired) electrons. The van der Waals surface area contributed by atoms with E-state index in [0.717, 1.165) is 4.47 Å². The number of carbonyl (C=O) groups excluding carboxylic acids is 1. The second-order valence-electron chi connectivity index (χ2n) is 7.49. The molecule has 4 aromatic heterocycles. The highest BCUT2D eigenvalue weighted by Gasteiger charge is 2.19. The maximum Gasteiger partial charge on any atom is 0.277 e. The number of nitrogens with one attached hydrogen (secondary N) is 1. The Morgan fingerprint density at radius 1 is 1.11 bits per heavy atom. The minimum atomic E-state index is -0.477. The fourth-order valence-electron chi connectivity index (χ4n) is 3.50. The van der Waals surface area contributed by atoms with Crippen LogP contribution in [0.2, 0.25) is 5.02 Å². The monoisotopic (exact) mass is 620 g/mol. The number of rotatable bonds is 6. The van der Waals surface area contributed by atoms with Crippen LogP contribution in [-0.4, -0.2) is 40.1 Å². The van der Waals surface area contributed by atoms with E-state index in [4.69, 9.17) is 11.6 Å². The summed E-state index contributed by atoms with van der Waals surface area (Å²) < 4.78 is 20.3. The summed E-state index contributed by atoms with van der Waals surface area (Å²) in [5.41, 5.74) is 2.31. The summed E-state index contributed by atoms with van der Waals surface area (Å²) in [4.78, 5) is 17.3. The quantitative estimate of drug-likeness (QED) is 0.273. The van der Waals surface area contributed by atoms with E-state index in [1.54, 1.807) is 39.8 Å². The van der Waals surface area contributed by atoms with Crippen LogP contribution in [0.3, 0.4) is 0 Å². The Hall–Kier alpha value is -3.09. The van der Waals surface area contributed by atoms with Gasteiger partial charge in [-0.25, -0.2) is 13.9 Å². The minimum Gasteiger partial charge on any atom is -0.303 e. The van der Waals surface area contributed by atoms with Gasteiger partial charge in [0.1, 0.15) is 11.5 Å². The summed E-state index contributed by atoms with van der Waals surface area (Å²) in [7, 11) is 0. The Morgan fingerprint density at radius 2 is 1.91 bits per heavy atom. The van der Waals surface area contributed by atoms with Gasteiger partial charge in [-0.2, -0.15) is 15.3 Å². The molecule has 1 amide bonds. The third-order valence-electron chi connectivity index (χ3n) is 5.21. The zero-order chi connectivity index (χ0) is 24.7. The van der Waals surface area contributed by atoms with Gasteiger partial charge >= 0.3 is 0 Å². The van der Waals surface area contributed by atoms with Crippen LogP contribution in [0.25, 0.3) is 17.0 Å². The molecule has 35 heavy (non-hydrogen) atoms. The number of hydrogen-bond acceptors (Lipinski definition) is 5. The third kappa shape index (κ3) is 4.60. The van der Waals surface area contributed by atoms with Crippen molar-refractivity contribution in [3.05, 3.63) is 80.0 Å². The lowest BCUT2D eigenvalue weighted by Gasteiger charge is -2.05. The lowest BCUT2D eigenvalue weighted by Crippen LogP contribution is -2.14. The standard InChI is InChI=1S/C22H16Br2ClFN8O/c1-2-32-10-13(23)20(30-32)18-6-7-27-19-8-17(29-34(18)19)22(35)28-21-14(24)11-33(31-21)9-12-15(25)4-3-5-16(12)26/h3-8,10-11H,2,9H2,1H3,(H,28,31,35). The first-order valence-corrected chi connectivity index (χ1v) is 12.4. The topological polar surface area (TPSA) is 94.9 Å². The van der Waals surface area contributed by atoms with Gasteiger partial charge in [0.05, 0.1) is 21.2 Å². The second kappa shape index (κ2) is 9.51. The number of amides is 1. The van der Waals surface area contributed by atoms with Gasteiger partial charge in [0.2, 0.25) is 0 Å². The molecule has 0 atom stereocenters. The maximum absolute atomic E-state index is 14.1. The fraction of sp³-hybridized carbons (Fsp3) is 0.136. The average Bonchev–Trinajstić information content (AvgIpc) is 3.53. The molecule has 0 saturated carbocycles. The van der Waals surface area contributed by atoms with E-state index in [1.807, 2.05) is 13.1 Å². The molecule has 4 heterocycles. The number of carbonyl (C=O) groups is 1. The summed E-state index contributed by atoms with van der Waals surface area (Å²) in [6.07, 6.45) is 5.14. The van der Waals surface area contributed by atoms with Gasteiger partial charge in [0, 0.05) is 41.8 Å². The molecule has 178 valence electrons. The van der Waals surface area contributed by atoms with Crippen LogP contribution < -0.4 is 5.32 Å². The number of hydrogen-bond donors (Lipinski definition) is 1. The summed E-state index contributed by atoms with van der Waals surface area (Å²) in [6, 6.07) is 7.83. The molecule has 0 fully saturated rings. The Kier molecular flexibility index (Phi) is 6.43. The number of anilines is 1. The number of halogens is 4. The van der Waals surface area contributed by atoms with E-state index < -0.39 is 11.7 Å². The van der Waals surface area contributed by atoms with Crippen molar-refractivity contribution in [2.45, 2.75) is 20.0 Å². The van der Waals surface area contributed by atoms with E-state index >= 15 is 0 Å². The first-order valence-electron chi connectivity index (χ1n) is 10.4. The zero-order valence-corrected chi connectivity index (χ0v) is 22.0. The molecule has 5 rings (SSSR count). The molecule has 1 N–H and O–H groups in total. The molecule has 0 aliphatic rings. The highest BCUT2D eigenvalue weighted by Crippen LogP contribution is 2.28. The molecule has 0 aliphatic carbocycles. The average molecular weight is 623 g/mol. The van der Waals surface area contributed by atoms with Crippen LogP contribution >= 0.6 is 43.5 Å². The third-order valence-corrected chi connectivity index (χ3v) is 6.72. The lowest BCUT2D eigenvalue weighted by atomic mass is 10.2. The smallest absolute Gasteiger partial charge is 0.277 e. The largest absolute Gasteiger partial charge is 0.303 e. The molecular formula is C22H16Br2ClFN8O. The fourth-order valence-corrected chi connectivity index (χ4v) is 4.65. The molecule has 5 aromatic rings. The first kappa shape index (κ1) is 23.6. The van der Waals surface area contributed by atoms with Gasteiger partial charge in [0.25, 0.3) is 5.91 Å². The molecule has 0 saturated heterocycles. The Labute approximate surface area is 220 Å². The van der Waals surface area contributed by atoms with E-state index in [-0.39, 0.29) is 18.1 Å². The Balaban J connectivity index is 1.41. The van der Waals surface area contributed by atoms with Gasteiger partial charge in [-0.15, -0.1) is 0 Å². The van der Waals surface area contributed by atoms with Gasteiger partial charge in [0.15, 0.2) is 17.2 Å². The molecule has 0 spiro atoms. The van der Waals surface area contributed by atoms with Crippen LogP contribution in [0.1, 0.15) is 23.0 Å². The number of aryl methyl sites for hydroxylation is 1. The number of benzene rings is 1. The van der Waals surface area contributed by atoms with E-state index in [1.165, 1.54) is 16.8 Å². The van der Waals surface area contributed by atoms with Crippen LogP contribution in [0.5, 0.6) is 0 Å². The number of fused-ring (bicyclic) bond motifs is 1. The zero-order valence-electron chi connectivity index (χ0n) is 18.1. The minimum absolute atomic E-state index is 0.0981. The summed E-state index contributed by atoms with van der Waals surface area (Å²) >= 11 is 13.0. The van der Waals surface area contributed by atoms with Crippen molar-refractivity contribution in [3.63, 3.8) is 0 Å². The van der Waals surface area contributed by atoms with Gasteiger partial charge in [-0.1, -0.05) is 17.7 Å². The highest BCUT2D eigenvalue weighted by atomic mass is 79.9. The van der Waals surface area contributed by atoms with Crippen molar-refractivity contribution >= 4 is 60.8 Å². The molecule has 1 aromatic carbocycles. The van der Waals surface area contributed by atoms with Crippen molar-refractivity contribution in [2.75, 3.05) is 5.32 Å². The highest BCUT2D eigenvalue weighted by molar-refractivity contribution is 9.11. The Morgan fingerprint density at radius 3 is 2.66 bits per heavy atom. The van der Waals surface area contributed by atoms with Gasteiger partial charge < -0.3 is 5.32 Å². The predicted octanol–water partition coefficient (Wildman–Crippen LogP) is 5.43. The molecule has 13 heteroatoms. The lowest BCUT2D eigenvalue weighted by molar-refractivity contribution is 0.102. The van der Waals surface area contributed by atoms with Crippen molar-refractivity contribution in [1.82, 2.24) is 34.2 Å². The second-order valence-corrected chi connectivity index (χ2v) is 9.60. The molecular weight excluding hydrogens is 607 g/mol. The van der Waals surface area contributed by atoms with Crippen molar-refractivity contribution in [1.29, 1.82) is 0 Å². The first-order chi connectivity index (χ1) is 16.8. The van der Waals surface area contributed by atoms with Crippen LogP contribution in [-0.2, 0) is 13.1 Å².